The van der Waals surface area contributed by atoms with Gasteiger partial charge in [-0.05, 0) is 61.1 Å². The topological polar surface area (TPSA) is 67.4 Å². The first-order valence-electron chi connectivity index (χ1n) is 10.2. The molecule has 5 heteroatoms. The van der Waals surface area contributed by atoms with Gasteiger partial charge in [0.25, 0.3) is 11.8 Å². The van der Waals surface area contributed by atoms with E-state index in [4.69, 9.17) is 4.74 Å². The van der Waals surface area contributed by atoms with Gasteiger partial charge in [0.1, 0.15) is 5.75 Å². The van der Waals surface area contributed by atoms with Crippen molar-refractivity contribution >= 4 is 17.5 Å². The van der Waals surface area contributed by atoms with Gasteiger partial charge in [0.15, 0.2) is 6.61 Å². The third-order valence-corrected chi connectivity index (χ3v) is 5.29. The molecule has 0 saturated heterocycles. The second kappa shape index (κ2) is 10.1. The SMILES string of the molecule is CCC(C)NC(=O)c1cccc(NC(=O)COc2ccc(C(C)(C)CC)cc2)c1. The lowest BCUT2D eigenvalue weighted by Crippen LogP contribution is -2.32. The average Bonchev–Trinajstić information content (AvgIpc) is 2.72. The molecule has 156 valence electrons. The number of rotatable bonds is 9. The summed E-state index contributed by atoms with van der Waals surface area (Å²) in [6.07, 6.45) is 1.90. The van der Waals surface area contributed by atoms with Crippen LogP contribution < -0.4 is 15.4 Å². The number of anilines is 1. The molecule has 1 unspecified atom stereocenters. The number of ether oxygens (including phenoxy) is 1. The van der Waals surface area contributed by atoms with Crippen LogP contribution in [0.5, 0.6) is 5.75 Å². The highest BCUT2D eigenvalue weighted by Gasteiger charge is 2.17. The van der Waals surface area contributed by atoms with Crippen LogP contribution in [0.4, 0.5) is 5.69 Å². The Bertz CT molecular complexity index is 828. The minimum atomic E-state index is -0.276. The maximum atomic E-state index is 12.2. The third kappa shape index (κ3) is 6.63. The molecule has 2 amide bonds. The molecule has 1 atom stereocenters. The summed E-state index contributed by atoms with van der Waals surface area (Å²) in [4.78, 5) is 24.5. The zero-order valence-corrected chi connectivity index (χ0v) is 18.0. The van der Waals surface area contributed by atoms with E-state index in [-0.39, 0.29) is 29.9 Å². The summed E-state index contributed by atoms with van der Waals surface area (Å²) < 4.78 is 5.59. The van der Waals surface area contributed by atoms with Gasteiger partial charge in [-0.25, -0.2) is 0 Å². The Morgan fingerprint density at radius 1 is 1.07 bits per heavy atom. The van der Waals surface area contributed by atoms with Gasteiger partial charge in [0.05, 0.1) is 0 Å². The van der Waals surface area contributed by atoms with E-state index in [1.165, 1.54) is 5.56 Å². The number of hydrogen-bond donors (Lipinski definition) is 2. The molecule has 2 N–H and O–H groups in total. The van der Waals surface area contributed by atoms with Crippen LogP contribution in [0.25, 0.3) is 0 Å². The lowest BCUT2D eigenvalue weighted by molar-refractivity contribution is -0.118. The predicted octanol–water partition coefficient (Wildman–Crippen LogP) is 4.92. The van der Waals surface area contributed by atoms with E-state index in [0.29, 0.717) is 17.0 Å². The smallest absolute Gasteiger partial charge is 0.262 e. The highest BCUT2D eigenvalue weighted by Crippen LogP contribution is 2.28. The Hall–Kier alpha value is -2.82. The Labute approximate surface area is 173 Å². The van der Waals surface area contributed by atoms with E-state index in [1.807, 2.05) is 38.1 Å². The normalized spacial score (nSPS) is 12.2. The van der Waals surface area contributed by atoms with E-state index in [9.17, 15) is 9.59 Å². The number of carbonyl (C=O) groups excluding carboxylic acids is 2. The molecule has 0 radical (unpaired) electrons. The molecule has 2 aromatic rings. The quantitative estimate of drug-likeness (QED) is 0.632. The molecule has 2 rings (SSSR count). The van der Waals surface area contributed by atoms with Crippen LogP contribution in [-0.4, -0.2) is 24.5 Å². The molecule has 2 aromatic carbocycles. The van der Waals surface area contributed by atoms with Crippen molar-refractivity contribution in [2.24, 2.45) is 0 Å². The van der Waals surface area contributed by atoms with Gasteiger partial charge in [-0.15, -0.1) is 0 Å². The van der Waals surface area contributed by atoms with Crippen LogP contribution >= 0.6 is 0 Å². The molecular formula is C24H32N2O3. The van der Waals surface area contributed by atoms with Gasteiger partial charge < -0.3 is 15.4 Å². The van der Waals surface area contributed by atoms with Crippen molar-refractivity contribution in [2.75, 3.05) is 11.9 Å². The van der Waals surface area contributed by atoms with E-state index < -0.39 is 0 Å². The fourth-order valence-corrected chi connectivity index (χ4v) is 2.70. The highest BCUT2D eigenvalue weighted by atomic mass is 16.5. The molecule has 29 heavy (non-hydrogen) atoms. The van der Waals surface area contributed by atoms with Crippen LogP contribution in [0.1, 0.15) is 63.4 Å². The first kappa shape index (κ1) is 22.5. The van der Waals surface area contributed by atoms with Crippen molar-refractivity contribution < 1.29 is 14.3 Å². The van der Waals surface area contributed by atoms with Gasteiger partial charge in [-0.2, -0.15) is 0 Å². The minimum absolute atomic E-state index is 0.0974. The summed E-state index contributed by atoms with van der Waals surface area (Å²) in [6.45, 7) is 10.4. The zero-order valence-electron chi connectivity index (χ0n) is 18.0. The Morgan fingerprint density at radius 2 is 1.76 bits per heavy atom. The molecule has 0 heterocycles. The van der Waals surface area contributed by atoms with Gasteiger partial charge >= 0.3 is 0 Å². The maximum Gasteiger partial charge on any atom is 0.262 e. The molecule has 0 aliphatic carbocycles. The molecular weight excluding hydrogens is 364 g/mol. The second-order valence-electron chi connectivity index (χ2n) is 7.96. The molecule has 0 aliphatic rings. The van der Waals surface area contributed by atoms with Crippen LogP contribution in [0.2, 0.25) is 0 Å². The Morgan fingerprint density at radius 3 is 2.38 bits per heavy atom. The van der Waals surface area contributed by atoms with Gasteiger partial charge in [0.2, 0.25) is 0 Å². The summed E-state index contributed by atoms with van der Waals surface area (Å²) >= 11 is 0. The van der Waals surface area contributed by atoms with Gasteiger partial charge in [0, 0.05) is 17.3 Å². The molecule has 5 nitrogen and oxygen atoms in total. The van der Waals surface area contributed by atoms with Crippen molar-refractivity contribution in [1.29, 1.82) is 0 Å². The highest BCUT2D eigenvalue weighted by molar-refractivity contribution is 5.97. The minimum Gasteiger partial charge on any atom is -0.484 e. The first-order valence-corrected chi connectivity index (χ1v) is 10.2. The number of hydrogen-bond acceptors (Lipinski definition) is 3. The molecule has 0 aromatic heterocycles. The van der Waals surface area contributed by atoms with Gasteiger partial charge in [-0.3, -0.25) is 9.59 Å². The number of nitrogens with one attached hydrogen (secondary N) is 2. The molecule has 0 saturated carbocycles. The Kier molecular flexibility index (Phi) is 7.82. The second-order valence-corrected chi connectivity index (χ2v) is 7.96. The largest absolute Gasteiger partial charge is 0.484 e. The standard InChI is InChI=1S/C24H32N2O3/c1-6-17(3)25-23(28)18-9-8-10-20(15-18)26-22(27)16-29-21-13-11-19(12-14-21)24(4,5)7-2/h8-15,17H,6-7,16H2,1-5H3,(H,25,28)(H,26,27). The molecule has 0 aliphatic heterocycles. The summed E-state index contributed by atoms with van der Waals surface area (Å²) in [5.74, 6) is 0.224. The third-order valence-electron chi connectivity index (χ3n) is 5.29. The molecule has 0 spiro atoms. The lowest BCUT2D eigenvalue weighted by Gasteiger charge is -2.23. The maximum absolute atomic E-state index is 12.2. The summed E-state index contributed by atoms with van der Waals surface area (Å²) in [5, 5.41) is 5.69. The summed E-state index contributed by atoms with van der Waals surface area (Å²) in [7, 11) is 0. The zero-order chi connectivity index (χ0) is 21.4. The summed E-state index contributed by atoms with van der Waals surface area (Å²) in [5.41, 5.74) is 2.43. The van der Waals surface area contributed by atoms with E-state index >= 15 is 0 Å². The van der Waals surface area contributed by atoms with E-state index in [2.05, 4.69) is 31.4 Å². The predicted molar refractivity (Wildman–Crippen MR) is 118 cm³/mol. The van der Waals surface area contributed by atoms with Crippen molar-refractivity contribution in [1.82, 2.24) is 5.32 Å². The van der Waals surface area contributed by atoms with E-state index in [1.54, 1.807) is 24.3 Å². The molecule has 0 bridgehead atoms. The average molecular weight is 397 g/mol. The summed E-state index contributed by atoms with van der Waals surface area (Å²) in [6, 6.07) is 14.8. The number of amides is 2. The van der Waals surface area contributed by atoms with Crippen LogP contribution in [0, 0.1) is 0 Å². The lowest BCUT2D eigenvalue weighted by atomic mass is 9.82. The van der Waals surface area contributed by atoms with Gasteiger partial charge in [-0.1, -0.05) is 45.9 Å². The fraction of sp³-hybridized carbons (Fsp3) is 0.417. The van der Waals surface area contributed by atoms with Crippen molar-refractivity contribution in [3.63, 3.8) is 0 Å². The Balaban J connectivity index is 1.91. The van der Waals surface area contributed by atoms with Crippen molar-refractivity contribution in [3.8, 4) is 5.75 Å². The fourth-order valence-electron chi connectivity index (χ4n) is 2.70. The number of carbonyl (C=O) groups is 2. The van der Waals surface area contributed by atoms with Crippen LogP contribution in [-0.2, 0) is 10.2 Å². The monoisotopic (exact) mass is 396 g/mol. The van der Waals surface area contributed by atoms with Crippen LogP contribution in [0.15, 0.2) is 48.5 Å². The van der Waals surface area contributed by atoms with Crippen LogP contribution in [0.3, 0.4) is 0 Å². The first-order chi connectivity index (χ1) is 13.7. The van der Waals surface area contributed by atoms with Crippen molar-refractivity contribution in [3.05, 3.63) is 59.7 Å². The number of benzene rings is 2. The molecule has 0 fully saturated rings. The van der Waals surface area contributed by atoms with E-state index in [0.717, 1.165) is 12.8 Å². The van der Waals surface area contributed by atoms with Crippen molar-refractivity contribution in [2.45, 2.75) is 58.9 Å².